The lowest BCUT2D eigenvalue weighted by molar-refractivity contribution is 0.0376. The Morgan fingerprint density at radius 2 is 2.00 bits per heavy atom. The summed E-state index contributed by atoms with van der Waals surface area (Å²) in [5.74, 6) is 0.331. The highest BCUT2D eigenvalue weighted by Gasteiger charge is 2.09. The summed E-state index contributed by atoms with van der Waals surface area (Å²) in [6, 6.07) is 3.76. The molecule has 0 aromatic heterocycles. The first kappa shape index (κ1) is 18.6. The minimum absolute atomic E-state index is 0.331. The van der Waals surface area contributed by atoms with E-state index in [1.165, 1.54) is 0 Å². The van der Waals surface area contributed by atoms with Crippen molar-refractivity contribution in [2.75, 3.05) is 39.4 Å². The summed E-state index contributed by atoms with van der Waals surface area (Å²) in [6.45, 7) is 9.29. The molecule has 0 saturated carbocycles. The highest BCUT2D eigenvalue weighted by molar-refractivity contribution is 7.80. The second-order valence-electron chi connectivity index (χ2n) is 5.94. The number of aryl methyl sites for hydroxylation is 2. The SMILES string of the molecule is Cc1cc(/C=N/NC(=S)NCCCN2CCOCC2)cc(C)c1O. The van der Waals surface area contributed by atoms with Crippen LogP contribution in [0.4, 0.5) is 0 Å². The molecule has 0 spiro atoms. The fraction of sp³-hybridized carbons (Fsp3) is 0.529. The van der Waals surface area contributed by atoms with Crippen molar-refractivity contribution in [3.8, 4) is 5.75 Å². The zero-order chi connectivity index (χ0) is 17.4. The van der Waals surface area contributed by atoms with Crippen LogP contribution in [0.1, 0.15) is 23.1 Å². The Labute approximate surface area is 148 Å². The van der Waals surface area contributed by atoms with Gasteiger partial charge in [-0.25, -0.2) is 0 Å². The standard InChI is InChI=1S/C17H26N4O2S/c1-13-10-15(11-14(2)16(13)22)12-19-20-17(24)18-4-3-5-21-6-8-23-9-7-21/h10-12,22H,3-9H2,1-2H3,(H2,18,20,24)/b19-12+. The number of nitrogens with one attached hydrogen (secondary N) is 2. The zero-order valence-corrected chi connectivity index (χ0v) is 15.2. The van der Waals surface area contributed by atoms with E-state index in [0.29, 0.717) is 10.9 Å². The fourth-order valence-electron chi connectivity index (χ4n) is 2.60. The van der Waals surface area contributed by atoms with Gasteiger partial charge in [-0.15, -0.1) is 0 Å². The molecule has 1 fully saturated rings. The van der Waals surface area contributed by atoms with Gasteiger partial charge in [-0.1, -0.05) is 0 Å². The van der Waals surface area contributed by atoms with Crippen LogP contribution in [-0.4, -0.2) is 60.7 Å². The van der Waals surface area contributed by atoms with Gasteiger partial charge < -0.3 is 15.2 Å². The number of aromatic hydroxyl groups is 1. The molecule has 0 radical (unpaired) electrons. The number of hydrazone groups is 1. The molecule has 7 heteroatoms. The molecule has 1 aliphatic rings. The van der Waals surface area contributed by atoms with Crippen LogP contribution in [0, 0.1) is 13.8 Å². The molecule has 3 N–H and O–H groups in total. The zero-order valence-electron chi connectivity index (χ0n) is 14.3. The van der Waals surface area contributed by atoms with Gasteiger partial charge in [0.15, 0.2) is 5.11 Å². The van der Waals surface area contributed by atoms with Gasteiger partial charge in [0.25, 0.3) is 0 Å². The molecule has 0 unspecified atom stereocenters. The Hall–Kier alpha value is -1.70. The van der Waals surface area contributed by atoms with Crippen LogP contribution in [0.3, 0.4) is 0 Å². The molecule has 0 bridgehead atoms. The molecule has 1 saturated heterocycles. The van der Waals surface area contributed by atoms with Crippen LogP contribution in [0.15, 0.2) is 17.2 Å². The number of nitrogens with zero attached hydrogens (tertiary/aromatic N) is 2. The first-order chi connectivity index (χ1) is 11.6. The van der Waals surface area contributed by atoms with E-state index in [4.69, 9.17) is 17.0 Å². The van der Waals surface area contributed by atoms with Gasteiger partial charge in [0.1, 0.15) is 5.75 Å². The summed E-state index contributed by atoms with van der Waals surface area (Å²) >= 11 is 5.20. The maximum Gasteiger partial charge on any atom is 0.186 e. The lowest BCUT2D eigenvalue weighted by Gasteiger charge is -2.26. The number of ether oxygens (including phenoxy) is 1. The number of rotatable bonds is 6. The molecule has 132 valence electrons. The smallest absolute Gasteiger partial charge is 0.186 e. The molecule has 1 aromatic rings. The minimum Gasteiger partial charge on any atom is -0.507 e. The second kappa shape index (κ2) is 9.56. The van der Waals surface area contributed by atoms with E-state index >= 15 is 0 Å². The van der Waals surface area contributed by atoms with E-state index in [1.807, 2.05) is 26.0 Å². The Bertz CT molecular complexity index is 563. The molecule has 0 atom stereocenters. The summed E-state index contributed by atoms with van der Waals surface area (Å²) in [7, 11) is 0. The first-order valence-corrected chi connectivity index (χ1v) is 8.64. The average Bonchev–Trinajstić information content (AvgIpc) is 2.57. The summed E-state index contributed by atoms with van der Waals surface area (Å²) in [6.07, 6.45) is 2.73. The molecular formula is C17H26N4O2S. The topological polar surface area (TPSA) is 69.1 Å². The van der Waals surface area contributed by atoms with E-state index in [-0.39, 0.29) is 0 Å². The van der Waals surface area contributed by atoms with E-state index in [1.54, 1.807) is 6.21 Å². The Kier molecular flexibility index (Phi) is 7.42. The summed E-state index contributed by atoms with van der Waals surface area (Å²) in [5.41, 5.74) is 5.41. The molecular weight excluding hydrogens is 324 g/mol. The van der Waals surface area contributed by atoms with Crippen LogP contribution in [-0.2, 0) is 4.74 Å². The van der Waals surface area contributed by atoms with Crippen molar-refractivity contribution in [3.05, 3.63) is 28.8 Å². The quantitative estimate of drug-likeness (QED) is 0.313. The van der Waals surface area contributed by atoms with Crippen molar-refractivity contribution in [3.63, 3.8) is 0 Å². The second-order valence-corrected chi connectivity index (χ2v) is 6.35. The highest BCUT2D eigenvalue weighted by atomic mass is 32.1. The molecule has 1 heterocycles. The number of benzene rings is 1. The highest BCUT2D eigenvalue weighted by Crippen LogP contribution is 2.21. The van der Waals surface area contributed by atoms with Crippen LogP contribution in [0.5, 0.6) is 5.75 Å². The van der Waals surface area contributed by atoms with Crippen LogP contribution in [0.25, 0.3) is 0 Å². The van der Waals surface area contributed by atoms with Crippen LogP contribution >= 0.6 is 12.2 Å². The number of hydrogen-bond donors (Lipinski definition) is 3. The number of phenolic OH excluding ortho intramolecular Hbond substituents is 1. The van der Waals surface area contributed by atoms with Gasteiger partial charge in [-0.2, -0.15) is 5.10 Å². The van der Waals surface area contributed by atoms with Gasteiger partial charge in [-0.3, -0.25) is 10.3 Å². The van der Waals surface area contributed by atoms with Crippen molar-refractivity contribution >= 4 is 23.5 Å². The van der Waals surface area contributed by atoms with Gasteiger partial charge in [0.05, 0.1) is 19.4 Å². The Balaban J connectivity index is 1.65. The van der Waals surface area contributed by atoms with Crippen molar-refractivity contribution in [1.82, 2.24) is 15.6 Å². The maximum absolute atomic E-state index is 9.76. The minimum atomic E-state index is 0.331. The number of hydrogen-bond acceptors (Lipinski definition) is 5. The van der Waals surface area contributed by atoms with Gasteiger partial charge in [0.2, 0.25) is 0 Å². The summed E-state index contributed by atoms with van der Waals surface area (Å²) in [5, 5.41) is 17.6. The van der Waals surface area contributed by atoms with Gasteiger partial charge in [-0.05, 0) is 67.9 Å². The van der Waals surface area contributed by atoms with Crippen LogP contribution < -0.4 is 10.7 Å². The van der Waals surface area contributed by atoms with Crippen molar-refractivity contribution in [1.29, 1.82) is 0 Å². The monoisotopic (exact) mass is 350 g/mol. The first-order valence-electron chi connectivity index (χ1n) is 8.23. The number of phenols is 1. The molecule has 0 amide bonds. The Morgan fingerprint density at radius 1 is 1.33 bits per heavy atom. The predicted octanol–water partition coefficient (Wildman–Crippen LogP) is 1.53. The normalized spacial score (nSPS) is 15.6. The fourth-order valence-corrected chi connectivity index (χ4v) is 2.75. The molecule has 1 aromatic carbocycles. The summed E-state index contributed by atoms with van der Waals surface area (Å²) in [4.78, 5) is 2.40. The predicted molar refractivity (Wildman–Crippen MR) is 101 cm³/mol. The molecule has 24 heavy (non-hydrogen) atoms. The van der Waals surface area contributed by atoms with Crippen LogP contribution in [0.2, 0.25) is 0 Å². The van der Waals surface area contributed by atoms with Gasteiger partial charge in [0, 0.05) is 19.6 Å². The third-order valence-electron chi connectivity index (χ3n) is 3.93. The third-order valence-corrected chi connectivity index (χ3v) is 4.17. The van der Waals surface area contributed by atoms with E-state index in [9.17, 15) is 5.11 Å². The van der Waals surface area contributed by atoms with E-state index in [2.05, 4.69) is 20.7 Å². The lowest BCUT2D eigenvalue weighted by atomic mass is 10.1. The third kappa shape index (κ3) is 6.07. The largest absolute Gasteiger partial charge is 0.507 e. The molecule has 6 nitrogen and oxygen atoms in total. The Morgan fingerprint density at radius 3 is 2.67 bits per heavy atom. The molecule has 2 rings (SSSR count). The van der Waals surface area contributed by atoms with Crippen molar-refractivity contribution < 1.29 is 9.84 Å². The number of morpholine rings is 1. The molecule has 1 aliphatic heterocycles. The van der Waals surface area contributed by atoms with E-state index in [0.717, 1.165) is 62.5 Å². The van der Waals surface area contributed by atoms with Crippen molar-refractivity contribution in [2.24, 2.45) is 5.10 Å². The lowest BCUT2D eigenvalue weighted by Crippen LogP contribution is -2.39. The number of thiocarbonyl (C=S) groups is 1. The molecule has 0 aliphatic carbocycles. The van der Waals surface area contributed by atoms with Crippen molar-refractivity contribution in [2.45, 2.75) is 20.3 Å². The average molecular weight is 350 g/mol. The van der Waals surface area contributed by atoms with E-state index < -0.39 is 0 Å². The summed E-state index contributed by atoms with van der Waals surface area (Å²) < 4.78 is 5.33. The maximum atomic E-state index is 9.76. The van der Waals surface area contributed by atoms with Gasteiger partial charge >= 0.3 is 0 Å².